The summed E-state index contributed by atoms with van der Waals surface area (Å²) in [4.78, 5) is 2.15. The number of hydrogen-bond donors (Lipinski definition) is 0. The molecule has 0 unspecified atom stereocenters. The maximum absolute atomic E-state index is 12.1. The molecule has 340 valence electrons. The highest BCUT2D eigenvalue weighted by Gasteiger charge is 2.45. The molecule has 0 saturated carbocycles. The Bertz CT molecular complexity index is 4230. The van der Waals surface area contributed by atoms with Crippen LogP contribution in [-0.4, -0.2) is 15.8 Å². The molecule has 0 N–H and O–H groups in total. The molecule has 2 aliphatic rings. The lowest BCUT2D eigenvalue weighted by atomic mass is 9.34. The molecule has 15 rings (SSSR count). The monoisotopic (exact) mass is 937 g/mol. The third-order valence-corrected chi connectivity index (χ3v) is 15.6. The van der Waals surface area contributed by atoms with Gasteiger partial charge in [0, 0.05) is 44.0 Å². The lowest BCUT2D eigenvalue weighted by Gasteiger charge is -2.37. The zero-order valence-electron chi connectivity index (χ0n) is 39.9. The first kappa shape index (κ1) is 41.6. The molecule has 0 atom stereocenters. The van der Waals surface area contributed by atoms with Crippen LogP contribution in [-0.2, 0) is 0 Å². The van der Waals surface area contributed by atoms with E-state index in [0.29, 0.717) is 16.8 Å². The van der Waals surface area contributed by atoms with Crippen LogP contribution >= 0.6 is 0 Å². The lowest BCUT2D eigenvalue weighted by molar-refractivity contribution is 1.11. The van der Waals surface area contributed by atoms with Crippen LogP contribution in [0.3, 0.4) is 0 Å². The average Bonchev–Trinajstić information content (AvgIpc) is 4.14. The summed E-state index contributed by atoms with van der Waals surface area (Å²) in [5.41, 5.74) is 21.1. The highest BCUT2D eigenvalue weighted by molar-refractivity contribution is 7.00. The Hall–Kier alpha value is -10.1. The van der Waals surface area contributed by atoms with E-state index < -0.39 is 0 Å². The van der Waals surface area contributed by atoms with Crippen molar-refractivity contribution in [3.8, 4) is 68.0 Å². The summed E-state index contributed by atoms with van der Waals surface area (Å²) < 4.78 is 4.66. The minimum Gasteiger partial charge on any atom is -0.309 e. The highest BCUT2D eigenvalue weighted by atomic mass is 15.2. The molecular weight excluding hydrogens is 898 g/mol. The number of nitrogens with zero attached hydrogens (tertiary/aromatic N) is 5. The van der Waals surface area contributed by atoms with Gasteiger partial charge in [-0.05, 0) is 97.3 Å². The van der Waals surface area contributed by atoms with Gasteiger partial charge in [0.2, 0.25) is 0 Å². The minimum atomic E-state index is -0.247. The van der Waals surface area contributed by atoms with E-state index in [-0.39, 0.29) is 6.71 Å². The Kier molecular flexibility index (Phi) is 9.11. The van der Waals surface area contributed by atoms with E-state index >= 15 is 0 Å². The molecule has 0 radical (unpaired) electrons. The fourth-order valence-electron chi connectivity index (χ4n) is 12.4. The van der Waals surface area contributed by atoms with E-state index in [2.05, 4.69) is 257 Å². The predicted octanol–water partition coefficient (Wildman–Crippen LogP) is 14.9. The molecule has 4 heterocycles. The summed E-state index contributed by atoms with van der Waals surface area (Å²) in [5.74, 6) is 0. The Morgan fingerprint density at radius 1 is 0.324 bits per heavy atom. The van der Waals surface area contributed by atoms with Gasteiger partial charge in [-0.15, -0.1) is 0 Å². The smallest absolute Gasteiger partial charge is 0.252 e. The molecule has 6 heteroatoms. The predicted molar refractivity (Wildman–Crippen MR) is 306 cm³/mol. The van der Waals surface area contributed by atoms with Gasteiger partial charge in [-0.1, -0.05) is 206 Å². The molecular formula is C68H40BN5. The fourth-order valence-corrected chi connectivity index (χ4v) is 12.4. The van der Waals surface area contributed by atoms with Gasteiger partial charge in [0.25, 0.3) is 6.71 Å². The van der Waals surface area contributed by atoms with Crippen LogP contribution in [0.4, 0.5) is 17.1 Å². The first-order chi connectivity index (χ1) is 36.7. The van der Waals surface area contributed by atoms with Crippen LogP contribution in [0, 0.1) is 22.7 Å². The number of hydrogen-bond acceptors (Lipinski definition) is 3. The third kappa shape index (κ3) is 5.97. The molecule has 0 saturated heterocycles. The zero-order chi connectivity index (χ0) is 49.0. The number of nitriles is 2. The normalized spacial score (nSPS) is 12.0. The molecule has 0 spiro atoms. The van der Waals surface area contributed by atoms with Gasteiger partial charge in [-0.3, -0.25) is 0 Å². The Labute approximate surface area is 428 Å². The van der Waals surface area contributed by atoms with Crippen LogP contribution in [0.25, 0.3) is 99.5 Å². The Morgan fingerprint density at radius 2 is 0.649 bits per heavy atom. The standard InChI is InChI=1S/C68H40BN5/c70-41-57-64(58(42-71)68-63-67(57)73-61-23-9-7-17-53(61)55-19-11-21-59(65(55)73)69(63)60-22-12-20-56-54-18-8-10-24-62(54)74(68)66(56)60)72(51-37-33-49(34-38-51)47-29-25-45(26-30-47)43-13-3-1-4-14-43)52-39-35-50(36-40-52)48-31-27-46(28-32-48)44-15-5-2-6-16-44/h1-40H. The van der Waals surface area contributed by atoms with Gasteiger partial charge in [-0.25, -0.2) is 0 Å². The van der Waals surface area contributed by atoms with E-state index in [1.807, 2.05) is 12.1 Å². The Balaban J connectivity index is 1.00. The first-order valence-electron chi connectivity index (χ1n) is 25.1. The summed E-state index contributed by atoms with van der Waals surface area (Å²) in [6, 6.07) is 91.3. The summed E-state index contributed by atoms with van der Waals surface area (Å²) in [6.45, 7) is -0.247. The van der Waals surface area contributed by atoms with Gasteiger partial charge in [0.1, 0.15) is 23.3 Å². The first-order valence-corrected chi connectivity index (χ1v) is 25.1. The largest absolute Gasteiger partial charge is 0.309 e. The van der Waals surface area contributed by atoms with Gasteiger partial charge >= 0.3 is 0 Å². The fraction of sp³-hybridized carbons (Fsp3) is 0. The molecule has 0 fully saturated rings. The number of rotatable bonds is 7. The summed E-state index contributed by atoms with van der Waals surface area (Å²) in [6.07, 6.45) is 0. The molecule has 0 amide bonds. The molecule has 11 aromatic carbocycles. The van der Waals surface area contributed by atoms with Crippen molar-refractivity contribution in [3.63, 3.8) is 0 Å². The minimum absolute atomic E-state index is 0.247. The SMILES string of the molecule is N#Cc1c(N(c2ccc(-c3ccc(-c4ccccc4)cc3)cc2)c2ccc(-c3ccc(-c4ccccc4)cc3)cc2)c(C#N)c2c3c1-n1c4ccccc4c4cccc(c41)B3c1cccc3c4ccccc4n-2c13. The number of para-hydroxylation sites is 4. The van der Waals surface area contributed by atoms with Crippen molar-refractivity contribution in [2.24, 2.45) is 0 Å². The van der Waals surface area contributed by atoms with Gasteiger partial charge in [0.05, 0.1) is 28.1 Å². The van der Waals surface area contributed by atoms with E-state index in [1.54, 1.807) is 0 Å². The average molecular weight is 938 g/mol. The number of aromatic nitrogens is 2. The van der Waals surface area contributed by atoms with Gasteiger partial charge in [0.15, 0.2) is 0 Å². The topological polar surface area (TPSA) is 60.7 Å². The van der Waals surface area contributed by atoms with E-state index in [4.69, 9.17) is 0 Å². The molecule has 0 bridgehead atoms. The highest BCUT2D eigenvalue weighted by Crippen LogP contribution is 2.48. The van der Waals surface area contributed by atoms with Gasteiger partial charge in [-0.2, -0.15) is 10.5 Å². The van der Waals surface area contributed by atoms with Crippen molar-refractivity contribution >= 4 is 83.8 Å². The quantitative estimate of drug-likeness (QED) is 0.150. The van der Waals surface area contributed by atoms with Crippen molar-refractivity contribution < 1.29 is 0 Å². The molecule has 13 aromatic rings. The summed E-state index contributed by atoms with van der Waals surface area (Å²) in [5, 5.41) is 28.7. The second-order valence-electron chi connectivity index (χ2n) is 19.4. The van der Waals surface area contributed by atoms with Crippen LogP contribution in [0.2, 0.25) is 0 Å². The Morgan fingerprint density at radius 3 is 1.03 bits per heavy atom. The summed E-state index contributed by atoms with van der Waals surface area (Å²) >= 11 is 0. The maximum Gasteiger partial charge on any atom is 0.252 e. The molecule has 74 heavy (non-hydrogen) atoms. The second kappa shape index (κ2) is 16.2. The van der Waals surface area contributed by atoms with E-state index in [1.165, 1.54) is 11.1 Å². The third-order valence-electron chi connectivity index (χ3n) is 15.6. The number of benzene rings is 11. The van der Waals surface area contributed by atoms with E-state index in [9.17, 15) is 10.5 Å². The van der Waals surface area contributed by atoms with Crippen molar-refractivity contribution in [2.45, 2.75) is 0 Å². The molecule has 2 aliphatic heterocycles. The van der Waals surface area contributed by atoms with E-state index in [0.717, 1.165) is 116 Å². The lowest BCUT2D eigenvalue weighted by Crippen LogP contribution is -2.60. The zero-order valence-corrected chi connectivity index (χ0v) is 39.9. The van der Waals surface area contributed by atoms with Crippen LogP contribution < -0.4 is 21.3 Å². The van der Waals surface area contributed by atoms with Crippen LogP contribution in [0.5, 0.6) is 0 Å². The number of anilines is 3. The van der Waals surface area contributed by atoms with Gasteiger partial charge < -0.3 is 14.0 Å². The summed E-state index contributed by atoms with van der Waals surface area (Å²) in [7, 11) is 0. The van der Waals surface area contributed by atoms with Crippen LogP contribution in [0.1, 0.15) is 11.1 Å². The molecule has 2 aromatic heterocycles. The van der Waals surface area contributed by atoms with Crippen molar-refractivity contribution in [3.05, 3.63) is 254 Å². The van der Waals surface area contributed by atoms with Crippen molar-refractivity contribution in [2.75, 3.05) is 4.90 Å². The maximum atomic E-state index is 12.1. The van der Waals surface area contributed by atoms with Crippen molar-refractivity contribution in [1.29, 1.82) is 10.5 Å². The second-order valence-corrected chi connectivity index (χ2v) is 19.4. The molecule has 0 aliphatic carbocycles. The van der Waals surface area contributed by atoms with Crippen molar-refractivity contribution in [1.82, 2.24) is 9.13 Å². The van der Waals surface area contributed by atoms with Crippen LogP contribution in [0.15, 0.2) is 243 Å². The number of fused-ring (bicyclic) bond motifs is 10. The molecule has 5 nitrogen and oxygen atoms in total.